The van der Waals surface area contributed by atoms with Gasteiger partial charge in [0.1, 0.15) is 21.7 Å². The van der Waals surface area contributed by atoms with Gasteiger partial charge in [0.25, 0.3) is 0 Å². The monoisotopic (exact) mass is 394 g/mol. The van der Waals surface area contributed by atoms with E-state index in [1.807, 2.05) is 13.8 Å². The Morgan fingerprint density at radius 3 is 2.89 bits per heavy atom. The van der Waals surface area contributed by atoms with Gasteiger partial charge in [0.05, 0.1) is 31.2 Å². The van der Waals surface area contributed by atoms with Crippen molar-refractivity contribution in [3.63, 3.8) is 0 Å². The molecule has 0 fully saturated rings. The Hall–Kier alpha value is -2.39. The summed E-state index contributed by atoms with van der Waals surface area (Å²) < 4.78 is 10.2. The van der Waals surface area contributed by atoms with Crippen LogP contribution in [0.15, 0.2) is 27.8 Å². The predicted molar refractivity (Wildman–Crippen MR) is 104 cm³/mol. The van der Waals surface area contributed by atoms with Crippen LogP contribution in [0.25, 0.3) is 0 Å². The average Bonchev–Trinajstić information content (AvgIpc) is 3.29. The maximum atomic E-state index is 12.0. The quantitative estimate of drug-likeness (QED) is 0.359. The number of furan rings is 1. The molecule has 2 unspecified atom stereocenters. The third-order valence-corrected chi connectivity index (χ3v) is 4.96. The first kappa shape index (κ1) is 20.9. The smallest absolute Gasteiger partial charge is 0.350 e. The Balaban J connectivity index is 2.05. The van der Waals surface area contributed by atoms with Crippen molar-refractivity contribution in [2.24, 2.45) is 4.99 Å². The first-order chi connectivity index (χ1) is 13.0. The molecule has 8 nitrogen and oxygen atoms in total. The van der Waals surface area contributed by atoms with Gasteiger partial charge in [-0.05, 0) is 39.8 Å². The van der Waals surface area contributed by atoms with Crippen LogP contribution in [0.3, 0.4) is 0 Å². The second-order valence-electron chi connectivity index (χ2n) is 5.80. The van der Waals surface area contributed by atoms with Gasteiger partial charge < -0.3 is 24.9 Å². The number of aliphatic hydroxyl groups excluding tert-OH is 1. The number of esters is 1. The fraction of sp³-hybridized carbons (Fsp3) is 0.500. The van der Waals surface area contributed by atoms with E-state index in [1.165, 1.54) is 17.6 Å². The van der Waals surface area contributed by atoms with Crippen LogP contribution in [0.2, 0.25) is 0 Å². The second-order valence-corrected chi connectivity index (χ2v) is 6.83. The van der Waals surface area contributed by atoms with E-state index in [2.05, 4.69) is 20.6 Å². The van der Waals surface area contributed by atoms with E-state index in [4.69, 9.17) is 9.15 Å². The van der Waals surface area contributed by atoms with Gasteiger partial charge in [-0.3, -0.25) is 4.99 Å². The summed E-state index contributed by atoms with van der Waals surface area (Å²) in [6, 6.07) is 3.26. The lowest BCUT2D eigenvalue weighted by Gasteiger charge is -2.16. The van der Waals surface area contributed by atoms with Crippen molar-refractivity contribution in [2.75, 3.05) is 19.7 Å². The number of hydrogen-bond acceptors (Lipinski definition) is 7. The molecule has 148 valence electrons. The van der Waals surface area contributed by atoms with Crippen molar-refractivity contribution in [2.45, 2.75) is 39.8 Å². The number of guanidine groups is 1. The van der Waals surface area contributed by atoms with E-state index >= 15 is 0 Å². The number of aliphatic hydroxyl groups is 1. The van der Waals surface area contributed by atoms with Crippen LogP contribution < -0.4 is 10.6 Å². The summed E-state index contributed by atoms with van der Waals surface area (Å²) in [7, 11) is 0. The van der Waals surface area contributed by atoms with Crippen LogP contribution in [0.1, 0.15) is 59.1 Å². The topological polar surface area (TPSA) is 109 Å². The minimum Gasteiger partial charge on any atom is -0.467 e. The van der Waals surface area contributed by atoms with Gasteiger partial charge >= 0.3 is 5.97 Å². The standard InChI is InChI=1S/C18H26N4O4S/c1-5-19-18(20-10-13(23)14-8-7-9-26-14)22-12(4)16-21-11(3)15(27-16)17(24)25-6-2/h7-9,12-13,23H,5-6,10H2,1-4H3,(H2,19,20,22). The summed E-state index contributed by atoms with van der Waals surface area (Å²) in [5.74, 6) is 0.659. The normalized spacial score (nSPS) is 13.9. The largest absolute Gasteiger partial charge is 0.467 e. The Bertz CT molecular complexity index is 758. The molecule has 2 heterocycles. The molecule has 9 heteroatoms. The molecular formula is C18H26N4O4S. The van der Waals surface area contributed by atoms with Crippen LogP contribution in [-0.2, 0) is 4.74 Å². The average molecular weight is 394 g/mol. The number of carbonyl (C=O) groups is 1. The number of aliphatic imine (C=N–C) groups is 1. The highest BCUT2D eigenvalue weighted by Crippen LogP contribution is 2.24. The number of ether oxygens (including phenoxy) is 1. The number of nitrogens with one attached hydrogen (secondary N) is 2. The molecule has 3 N–H and O–H groups in total. The molecule has 0 bridgehead atoms. The van der Waals surface area contributed by atoms with Gasteiger partial charge in [0, 0.05) is 6.54 Å². The van der Waals surface area contributed by atoms with Crippen molar-refractivity contribution in [3.05, 3.63) is 39.7 Å². The molecule has 2 aromatic heterocycles. The predicted octanol–water partition coefficient (Wildman–Crippen LogP) is 2.57. The van der Waals surface area contributed by atoms with E-state index in [0.29, 0.717) is 35.4 Å². The second kappa shape index (κ2) is 10.1. The zero-order valence-corrected chi connectivity index (χ0v) is 16.8. The highest BCUT2D eigenvalue weighted by atomic mass is 32.1. The van der Waals surface area contributed by atoms with E-state index < -0.39 is 6.10 Å². The summed E-state index contributed by atoms with van der Waals surface area (Å²) in [6.07, 6.45) is 0.697. The van der Waals surface area contributed by atoms with Gasteiger partial charge in [-0.2, -0.15) is 0 Å². The van der Waals surface area contributed by atoms with E-state index in [9.17, 15) is 9.90 Å². The Morgan fingerprint density at radius 2 is 2.26 bits per heavy atom. The molecule has 0 radical (unpaired) electrons. The Morgan fingerprint density at radius 1 is 1.48 bits per heavy atom. The van der Waals surface area contributed by atoms with Crippen molar-refractivity contribution in [3.8, 4) is 0 Å². The molecule has 27 heavy (non-hydrogen) atoms. The lowest BCUT2D eigenvalue weighted by molar-refractivity contribution is 0.0531. The number of rotatable bonds is 8. The van der Waals surface area contributed by atoms with E-state index in [1.54, 1.807) is 26.0 Å². The fourth-order valence-corrected chi connectivity index (χ4v) is 3.29. The summed E-state index contributed by atoms with van der Waals surface area (Å²) in [6.45, 7) is 8.60. The summed E-state index contributed by atoms with van der Waals surface area (Å²) in [5, 5.41) is 17.2. The van der Waals surface area contributed by atoms with Gasteiger partial charge in [0.15, 0.2) is 5.96 Å². The molecule has 2 aromatic rings. The highest BCUT2D eigenvalue weighted by Gasteiger charge is 2.20. The van der Waals surface area contributed by atoms with Gasteiger partial charge in [-0.25, -0.2) is 9.78 Å². The lowest BCUT2D eigenvalue weighted by atomic mass is 10.3. The zero-order chi connectivity index (χ0) is 19.8. The molecular weight excluding hydrogens is 368 g/mol. The van der Waals surface area contributed by atoms with Gasteiger partial charge in [-0.1, -0.05) is 0 Å². The number of carbonyl (C=O) groups excluding carboxylic acids is 1. The lowest BCUT2D eigenvalue weighted by Crippen LogP contribution is -2.39. The summed E-state index contributed by atoms with van der Waals surface area (Å²) >= 11 is 1.30. The SMILES string of the molecule is CCNC(=NCC(O)c1ccco1)NC(C)c1nc(C)c(C(=O)OCC)s1. The van der Waals surface area contributed by atoms with Crippen molar-refractivity contribution < 1.29 is 19.1 Å². The zero-order valence-electron chi connectivity index (χ0n) is 16.0. The van der Waals surface area contributed by atoms with Gasteiger partial charge in [-0.15, -0.1) is 11.3 Å². The van der Waals surface area contributed by atoms with Gasteiger partial charge in [0.2, 0.25) is 0 Å². The first-order valence-electron chi connectivity index (χ1n) is 8.86. The minimum atomic E-state index is -0.816. The minimum absolute atomic E-state index is 0.153. The Kier molecular flexibility index (Phi) is 7.81. The first-order valence-corrected chi connectivity index (χ1v) is 9.68. The molecule has 0 amide bonds. The number of aromatic nitrogens is 1. The van der Waals surface area contributed by atoms with Crippen molar-refractivity contribution in [1.29, 1.82) is 0 Å². The number of thiazole rings is 1. The van der Waals surface area contributed by atoms with Crippen molar-refractivity contribution in [1.82, 2.24) is 15.6 Å². The third kappa shape index (κ3) is 5.80. The highest BCUT2D eigenvalue weighted by molar-refractivity contribution is 7.13. The molecule has 0 saturated heterocycles. The van der Waals surface area contributed by atoms with Crippen LogP contribution >= 0.6 is 11.3 Å². The number of hydrogen-bond donors (Lipinski definition) is 3. The molecule has 2 rings (SSSR count). The molecule has 0 aliphatic carbocycles. The molecule has 0 aliphatic heterocycles. The van der Waals surface area contributed by atoms with Crippen LogP contribution in [0, 0.1) is 6.92 Å². The summed E-state index contributed by atoms with van der Waals surface area (Å²) in [4.78, 5) is 21.4. The summed E-state index contributed by atoms with van der Waals surface area (Å²) in [5.41, 5.74) is 0.650. The van der Waals surface area contributed by atoms with Crippen LogP contribution in [0.5, 0.6) is 0 Å². The van der Waals surface area contributed by atoms with Crippen LogP contribution in [-0.4, -0.2) is 41.7 Å². The number of nitrogens with zero attached hydrogens (tertiary/aromatic N) is 2. The Labute approximate surface area is 162 Å². The molecule has 0 spiro atoms. The fourth-order valence-electron chi connectivity index (χ4n) is 2.32. The molecule has 0 aromatic carbocycles. The van der Waals surface area contributed by atoms with Crippen LogP contribution in [0.4, 0.5) is 0 Å². The number of aryl methyl sites for hydroxylation is 1. The van der Waals surface area contributed by atoms with E-state index in [-0.39, 0.29) is 18.6 Å². The molecule has 0 aliphatic rings. The molecule has 0 saturated carbocycles. The maximum Gasteiger partial charge on any atom is 0.350 e. The molecule has 2 atom stereocenters. The van der Waals surface area contributed by atoms with Crippen molar-refractivity contribution >= 4 is 23.3 Å². The maximum absolute atomic E-state index is 12.0. The third-order valence-electron chi connectivity index (χ3n) is 3.64. The van der Waals surface area contributed by atoms with E-state index in [0.717, 1.165) is 5.01 Å².